The van der Waals surface area contributed by atoms with Crippen LogP contribution in [0.25, 0.3) is 0 Å². The zero-order chi connectivity index (χ0) is 23.0. The number of rotatable bonds is 5. The molecule has 174 valence electrons. The molecule has 1 atom stereocenters. The Morgan fingerprint density at radius 1 is 0.875 bits per heavy atom. The van der Waals surface area contributed by atoms with Crippen molar-refractivity contribution >= 4 is 27.9 Å². The number of benzene rings is 1. The topological polar surface area (TPSA) is 108 Å². The van der Waals surface area contributed by atoms with Gasteiger partial charge in [0.05, 0.1) is 24.3 Å². The molecule has 4 rings (SSSR count). The molecule has 0 saturated carbocycles. The number of carbonyl (C=O) groups excluding carboxylic acids is 3. The number of morpholine rings is 1. The predicted octanol–water partition coefficient (Wildman–Crippen LogP) is 0.0284. The summed E-state index contributed by atoms with van der Waals surface area (Å²) in [6, 6.07) is 5.62. The Kier molecular flexibility index (Phi) is 6.35. The maximum Gasteiger partial charge on any atom is 0.282 e. The molecule has 0 N–H and O–H groups in total. The van der Waals surface area contributed by atoms with E-state index < -0.39 is 28.1 Å². The lowest BCUT2D eigenvalue weighted by atomic mass is 10.0. The maximum atomic E-state index is 13.4. The highest BCUT2D eigenvalue weighted by Crippen LogP contribution is 2.28. The number of nitrogens with zero attached hydrogens (tertiary/aromatic N) is 4. The van der Waals surface area contributed by atoms with Crippen molar-refractivity contribution in [1.29, 1.82) is 0 Å². The molecule has 32 heavy (non-hydrogen) atoms. The Labute approximate surface area is 187 Å². The molecule has 0 spiro atoms. The molecule has 0 radical (unpaired) electrons. The van der Waals surface area contributed by atoms with Crippen molar-refractivity contribution in [3.8, 4) is 0 Å². The number of amides is 3. The van der Waals surface area contributed by atoms with Gasteiger partial charge in [-0.3, -0.25) is 19.3 Å². The van der Waals surface area contributed by atoms with Gasteiger partial charge in [0.1, 0.15) is 6.04 Å². The number of fused-ring (bicyclic) bond motifs is 1. The molecule has 3 aliphatic heterocycles. The minimum absolute atomic E-state index is 0.165. The molecular formula is C21H28N4O6S. The first-order chi connectivity index (χ1) is 15.2. The molecule has 0 aliphatic carbocycles. The molecule has 3 amide bonds. The smallest absolute Gasteiger partial charge is 0.282 e. The molecular weight excluding hydrogens is 436 g/mol. The van der Waals surface area contributed by atoms with Crippen molar-refractivity contribution in [2.45, 2.75) is 19.9 Å². The summed E-state index contributed by atoms with van der Waals surface area (Å²) in [6.07, 6.45) is 0. The van der Waals surface area contributed by atoms with Crippen LogP contribution in [-0.4, -0.2) is 103 Å². The van der Waals surface area contributed by atoms with Crippen LogP contribution in [0.1, 0.15) is 34.6 Å². The first-order valence-corrected chi connectivity index (χ1v) is 12.2. The minimum Gasteiger partial charge on any atom is -0.379 e. The lowest BCUT2D eigenvalue weighted by Crippen LogP contribution is -2.59. The molecule has 10 nitrogen and oxygen atoms in total. The second-order valence-corrected chi connectivity index (χ2v) is 10.4. The van der Waals surface area contributed by atoms with Gasteiger partial charge in [-0.05, 0) is 18.1 Å². The molecule has 3 heterocycles. The standard InChI is InChI=1S/C21H28N4O6S/c1-15(2)18(25-19(26)16-5-3-4-6-17(16)20(25)27)21(28)22-7-9-23(10-8-22)32(29,30)24-11-13-31-14-12-24/h3-6,15,18H,7-14H2,1-2H3. The molecule has 2 fully saturated rings. The lowest BCUT2D eigenvalue weighted by molar-refractivity contribution is -0.138. The number of piperazine rings is 1. The van der Waals surface area contributed by atoms with Crippen LogP contribution in [-0.2, 0) is 19.7 Å². The highest BCUT2D eigenvalue weighted by Gasteiger charge is 2.46. The molecule has 1 aromatic rings. The molecule has 11 heteroatoms. The van der Waals surface area contributed by atoms with Crippen LogP contribution >= 0.6 is 0 Å². The zero-order valence-electron chi connectivity index (χ0n) is 18.3. The third-order valence-electron chi connectivity index (χ3n) is 6.16. The quantitative estimate of drug-likeness (QED) is 0.569. The van der Waals surface area contributed by atoms with Crippen LogP contribution in [0, 0.1) is 5.92 Å². The van der Waals surface area contributed by atoms with E-state index in [4.69, 9.17) is 4.74 Å². The molecule has 2 saturated heterocycles. The van der Waals surface area contributed by atoms with Gasteiger partial charge in [0, 0.05) is 39.3 Å². The number of ether oxygens (including phenoxy) is 1. The molecule has 0 bridgehead atoms. The van der Waals surface area contributed by atoms with Gasteiger partial charge in [-0.2, -0.15) is 17.0 Å². The Morgan fingerprint density at radius 3 is 1.88 bits per heavy atom. The van der Waals surface area contributed by atoms with Crippen molar-refractivity contribution in [1.82, 2.24) is 18.4 Å². The van der Waals surface area contributed by atoms with Crippen LogP contribution in [0.4, 0.5) is 0 Å². The summed E-state index contributed by atoms with van der Waals surface area (Å²) < 4.78 is 33.8. The SMILES string of the molecule is CC(C)C(C(=O)N1CCN(S(=O)(=O)N2CCOCC2)CC1)N1C(=O)c2ccccc2C1=O. The van der Waals surface area contributed by atoms with E-state index in [0.29, 0.717) is 37.4 Å². The molecule has 3 aliphatic rings. The van der Waals surface area contributed by atoms with E-state index in [1.54, 1.807) is 43.0 Å². The summed E-state index contributed by atoms with van der Waals surface area (Å²) in [7, 11) is -3.61. The normalized spacial score (nSPS) is 21.8. The largest absolute Gasteiger partial charge is 0.379 e. The number of hydrogen-bond acceptors (Lipinski definition) is 6. The van der Waals surface area contributed by atoms with Gasteiger partial charge in [-0.1, -0.05) is 26.0 Å². The lowest BCUT2D eigenvalue weighted by Gasteiger charge is -2.40. The van der Waals surface area contributed by atoms with Gasteiger partial charge < -0.3 is 9.64 Å². The Hall–Kier alpha value is -2.34. The summed E-state index contributed by atoms with van der Waals surface area (Å²) in [4.78, 5) is 41.9. The number of hydrogen-bond donors (Lipinski definition) is 0. The average molecular weight is 465 g/mol. The van der Waals surface area contributed by atoms with E-state index in [1.165, 1.54) is 8.61 Å². The second-order valence-electron chi connectivity index (χ2n) is 8.46. The summed E-state index contributed by atoms with van der Waals surface area (Å²) in [5.41, 5.74) is 0.606. The summed E-state index contributed by atoms with van der Waals surface area (Å²) in [6.45, 7) is 5.70. The fourth-order valence-electron chi connectivity index (χ4n) is 4.42. The fraction of sp³-hybridized carbons (Fsp3) is 0.571. The van der Waals surface area contributed by atoms with E-state index in [0.717, 1.165) is 4.90 Å². The zero-order valence-corrected chi connectivity index (χ0v) is 19.1. The van der Waals surface area contributed by atoms with Crippen molar-refractivity contribution in [3.05, 3.63) is 35.4 Å². The Bertz CT molecular complexity index is 978. The number of carbonyl (C=O) groups is 3. The van der Waals surface area contributed by atoms with Gasteiger partial charge in [0.2, 0.25) is 5.91 Å². The first kappa shape index (κ1) is 22.8. The molecule has 0 aromatic heterocycles. The van der Waals surface area contributed by atoms with E-state index in [2.05, 4.69) is 0 Å². The van der Waals surface area contributed by atoms with Gasteiger partial charge in [-0.25, -0.2) is 0 Å². The Morgan fingerprint density at radius 2 is 1.38 bits per heavy atom. The number of imide groups is 1. The van der Waals surface area contributed by atoms with E-state index in [1.807, 2.05) is 0 Å². The highest BCUT2D eigenvalue weighted by atomic mass is 32.2. The van der Waals surface area contributed by atoms with E-state index in [9.17, 15) is 22.8 Å². The van der Waals surface area contributed by atoms with E-state index >= 15 is 0 Å². The third-order valence-corrected chi connectivity index (χ3v) is 8.20. The van der Waals surface area contributed by atoms with Crippen molar-refractivity contribution in [2.24, 2.45) is 5.92 Å². The Balaban J connectivity index is 1.47. The van der Waals surface area contributed by atoms with Crippen LogP contribution in [0.5, 0.6) is 0 Å². The average Bonchev–Trinajstić information content (AvgIpc) is 3.05. The van der Waals surface area contributed by atoms with Crippen LogP contribution < -0.4 is 0 Å². The summed E-state index contributed by atoms with van der Waals surface area (Å²) in [5.74, 6) is -1.56. The van der Waals surface area contributed by atoms with Gasteiger partial charge in [-0.15, -0.1) is 0 Å². The van der Waals surface area contributed by atoms with Crippen molar-refractivity contribution in [2.75, 3.05) is 52.5 Å². The third kappa shape index (κ3) is 3.94. The van der Waals surface area contributed by atoms with Crippen molar-refractivity contribution in [3.63, 3.8) is 0 Å². The second kappa shape index (κ2) is 8.89. The van der Waals surface area contributed by atoms with E-state index in [-0.39, 0.29) is 38.0 Å². The van der Waals surface area contributed by atoms with Gasteiger partial charge in [0.25, 0.3) is 22.0 Å². The molecule has 1 aromatic carbocycles. The summed E-state index contributed by atoms with van der Waals surface area (Å²) in [5, 5.41) is 0. The van der Waals surface area contributed by atoms with Crippen LogP contribution in [0.2, 0.25) is 0 Å². The highest BCUT2D eigenvalue weighted by molar-refractivity contribution is 7.86. The predicted molar refractivity (Wildman–Crippen MR) is 115 cm³/mol. The van der Waals surface area contributed by atoms with Crippen molar-refractivity contribution < 1.29 is 27.5 Å². The van der Waals surface area contributed by atoms with Gasteiger partial charge in [0.15, 0.2) is 0 Å². The minimum atomic E-state index is -3.61. The first-order valence-electron chi connectivity index (χ1n) is 10.8. The summed E-state index contributed by atoms with van der Waals surface area (Å²) >= 11 is 0. The van der Waals surface area contributed by atoms with Crippen LogP contribution in [0.15, 0.2) is 24.3 Å². The fourth-order valence-corrected chi connectivity index (χ4v) is 5.98. The monoisotopic (exact) mass is 464 g/mol. The van der Waals surface area contributed by atoms with Gasteiger partial charge >= 0.3 is 0 Å². The van der Waals surface area contributed by atoms with Crippen LogP contribution in [0.3, 0.4) is 0 Å². The molecule has 1 unspecified atom stereocenters. The maximum absolute atomic E-state index is 13.4.